The molecule has 0 radical (unpaired) electrons. The van der Waals surface area contributed by atoms with E-state index in [0.717, 1.165) is 29.4 Å². The standard InChI is InChI=1S/C21H25NS/c1-5-8-18(7-3)20-14-23-15-22-21(20)19-11-9-17(10-12-19)13-16(4)6-2/h5,7-12,15-16H,1,3,6,13-14H2,2,4H3/b18-8+/t16-/m1/s1. The molecule has 1 aliphatic heterocycles. The highest BCUT2D eigenvalue weighted by Crippen LogP contribution is 2.32. The van der Waals surface area contributed by atoms with Gasteiger partial charge in [-0.15, -0.1) is 11.8 Å². The molecule has 1 aromatic carbocycles. The molecule has 0 aromatic heterocycles. The predicted molar refractivity (Wildman–Crippen MR) is 106 cm³/mol. The second kappa shape index (κ2) is 8.73. The second-order valence-corrected chi connectivity index (χ2v) is 6.68. The maximum absolute atomic E-state index is 4.63. The van der Waals surface area contributed by atoms with Crippen LogP contribution in [0.15, 0.2) is 71.8 Å². The molecule has 0 aliphatic carbocycles. The number of aliphatic imine (C=N–C) groups is 1. The van der Waals surface area contributed by atoms with Crippen molar-refractivity contribution in [1.82, 2.24) is 0 Å². The van der Waals surface area contributed by atoms with Gasteiger partial charge in [0.15, 0.2) is 0 Å². The lowest BCUT2D eigenvalue weighted by Crippen LogP contribution is -2.02. The molecular weight excluding hydrogens is 298 g/mol. The van der Waals surface area contributed by atoms with E-state index >= 15 is 0 Å². The highest BCUT2D eigenvalue weighted by Gasteiger charge is 2.14. The van der Waals surface area contributed by atoms with Crippen molar-refractivity contribution in [3.8, 4) is 0 Å². The van der Waals surface area contributed by atoms with Crippen molar-refractivity contribution in [2.24, 2.45) is 10.9 Å². The SMILES string of the molecule is C=C/C=C(\C=C)C1=C(c2ccc(C[C@H](C)CC)cc2)N=CSC1. The lowest BCUT2D eigenvalue weighted by molar-refractivity contribution is 0.560. The average Bonchev–Trinajstić information content (AvgIpc) is 2.60. The zero-order valence-electron chi connectivity index (χ0n) is 14.1. The number of benzene rings is 1. The summed E-state index contributed by atoms with van der Waals surface area (Å²) in [5.74, 6) is 1.64. The minimum Gasteiger partial charge on any atom is -0.249 e. The van der Waals surface area contributed by atoms with Crippen LogP contribution >= 0.6 is 11.8 Å². The lowest BCUT2D eigenvalue weighted by Gasteiger charge is -2.17. The Bertz CT molecular complexity index is 647. The molecule has 0 amide bonds. The highest BCUT2D eigenvalue weighted by molar-refractivity contribution is 8.12. The molecular formula is C21H25NS. The molecule has 0 fully saturated rings. The van der Waals surface area contributed by atoms with Gasteiger partial charge in [0.05, 0.1) is 11.2 Å². The van der Waals surface area contributed by atoms with E-state index in [1.54, 1.807) is 17.8 Å². The molecule has 1 atom stereocenters. The zero-order chi connectivity index (χ0) is 16.7. The highest BCUT2D eigenvalue weighted by atomic mass is 32.2. The Labute approximate surface area is 144 Å². The van der Waals surface area contributed by atoms with Gasteiger partial charge in [-0.25, -0.2) is 4.99 Å². The van der Waals surface area contributed by atoms with E-state index in [1.165, 1.54) is 23.1 Å². The van der Waals surface area contributed by atoms with Crippen molar-refractivity contribution in [3.05, 3.63) is 77.9 Å². The van der Waals surface area contributed by atoms with E-state index in [0.29, 0.717) is 0 Å². The molecule has 0 unspecified atom stereocenters. The number of rotatable bonds is 7. The van der Waals surface area contributed by atoms with Crippen LogP contribution in [0.25, 0.3) is 5.70 Å². The van der Waals surface area contributed by atoms with Gasteiger partial charge >= 0.3 is 0 Å². The zero-order valence-corrected chi connectivity index (χ0v) is 14.9. The van der Waals surface area contributed by atoms with Crippen LogP contribution in [0, 0.1) is 5.92 Å². The van der Waals surface area contributed by atoms with Crippen molar-refractivity contribution >= 4 is 23.0 Å². The minimum atomic E-state index is 0.725. The molecule has 0 saturated heterocycles. The average molecular weight is 324 g/mol. The third-order valence-corrected chi connectivity index (χ3v) is 4.85. The number of hydrogen-bond donors (Lipinski definition) is 0. The summed E-state index contributed by atoms with van der Waals surface area (Å²) in [6.07, 6.45) is 8.04. The summed E-state index contributed by atoms with van der Waals surface area (Å²) < 4.78 is 0. The summed E-state index contributed by atoms with van der Waals surface area (Å²) in [7, 11) is 0. The fraction of sp³-hybridized carbons (Fsp3) is 0.286. The maximum atomic E-state index is 4.63. The molecule has 0 spiro atoms. The topological polar surface area (TPSA) is 12.4 Å². The Morgan fingerprint density at radius 2 is 2.04 bits per heavy atom. The van der Waals surface area contributed by atoms with E-state index in [2.05, 4.69) is 56.3 Å². The predicted octanol–water partition coefficient (Wildman–Crippen LogP) is 6.06. The first-order valence-corrected chi connectivity index (χ1v) is 9.16. The molecule has 1 aromatic rings. The first kappa shape index (κ1) is 17.6. The maximum Gasteiger partial charge on any atom is 0.0754 e. The molecule has 1 heterocycles. The summed E-state index contributed by atoms with van der Waals surface area (Å²) in [6.45, 7) is 12.3. The normalized spacial score (nSPS) is 16.3. The molecule has 1 aliphatic rings. The van der Waals surface area contributed by atoms with Gasteiger partial charge in [-0.05, 0) is 29.0 Å². The summed E-state index contributed by atoms with van der Waals surface area (Å²) in [4.78, 5) is 4.63. The smallest absolute Gasteiger partial charge is 0.0754 e. The summed E-state index contributed by atoms with van der Waals surface area (Å²) in [6, 6.07) is 8.84. The fourth-order valence-electron chi connectivity index (χ4n) is 2.59. The van der Waals surface area contributed by atoms with E-state index in [1.807, 2.05) is 17.7 Å². The number of nitrogens with zero attached hydrogens (tertiary/aromatic N) is 1. The molecule has 23 heavy (non-hydrogen) atoms. The van der Waals surface area contributed by atoms with Gasteiger partial charge in [-0.2, -0.15) is 0 Å². The van der Waals surface area contributed by atoms with E-state index in [9.17, 15) is 0 Å². The molecule has 0 N–H and O–H groups in total. The summed E-state index contributed by atoms with van der Waals surface area (Å²) >= 11 is 1.71. The Kier molecular flexibility index (Phi) is 6.66. The van der Waals surface area contributed by atoms with Crippen LogP contribution in [0.3, 0.4) is 0 Å². The first-order valence-electron chi connectivity index (χ1n) is 8.11. The third-order valence-electron chi connectivity index (χ3n) is 4.14. The Hall–Kier alpha value is -1.80. The number of hydrogen-bond acceptors (Lipinski definition) is 2. The van der Waals surface area contributed by atoms with Crippen LogP contribution in [0.2, 0.25) is 0 Å². The molecule has 0 saturated carbocycles. The van der Waals surface area contributed by atoms with Crippen molar-refractivity contribution in [3.63, 3.8) is 0 Å². The van der Waals surface area contributed by atoms with Crippen molar-refractivity contribution in [2.45, 2.75) is 26.7 Å². The van der Waals surface area contributed by atoms with Crippen LogP contribution in [-0.4, -0.2) is 11.3 Å². The van der Waals surface area contributed by atoms with Gasteiger partial charge in [0.1, 0.15) is 0 Å². The van der Waals surface area contributed by atoms with E-state index < -0.39 is 0 Å². The molecule has 0 bridgehead atoms. The van der Waals surface area contributed by atoms with Gasteiger partial charge in [0.25, 0.3) is 0 Å². The van der Waals surface area contributed by atoms with Crippen LogP contribution in [0.5, 0.6) is 0 Å². The Balaban J connectivity index is 2.35. The van der Waals surface area contributed by atoms with Crippen LogP contribution < -0.4 is 0 Å². The van der Waals surface area contributed by atoms with Gasteiger partial charge in [0.2, 0.25) is 0 Å². The first-order chi connectivity index (χ1) is 11.2. The van der Waals surface area contributed by atoms with Gasteiger partial charge in [-0.1, -0.05) is 75.9 Å². The second-order valence-electron chi connectivity index (χ2n) is 5.85. The Morgan fingerprint density at radius 3 is 2.65 bits per heavy atom. The Morgan fingerprint density at radius 1 is 1.30 bits per heavy atom. The lowest BCUT2D eigenvalue weighted by atomic mass is 9.96. The van der Waals surface area contributed by atoms with Gasteiger partial charge in [0, 0.05) is 11.3 Å². The number of thioether (sulfide) groups is 1. The van der Waals surface area contributed by atoms with Crippen LogP contribution in [0.1, 0.15) is 31.4 Å². The molecule has 2 heteroatoms. The summed E-state index contributed by atoms with van der Waals surface area (Å²) in [5, 5.41) is 0. The molecule has 2 rings (SSSR count). The minimum absolute atomic E-state index is 0.725. The fourth-order valence-corrected chi connectivity index (χ4v) is 3.31. The quantitative estimate of drug-likeness (QED) is 0.556. The van der Waals surface area contributed by atoms with Gasteiger partial charge < -0.3 is 0 Å². The van der Waals surface area contributed by atoms with Crippen molar-refractivity contribution in [1.29, 1.82) is 0 Å². The third kappa shape index (κ3) is 4.59. The van der Waals surface area contributed by atoms with Crippen molar-refractivity contribution < 1.29 is 0 Å². The molecule has 120 valence electrons. The monoisotopic (exact) mass is 323 g/mol. The van der Waals surface area contributed by atoms with Crippen LogP contribution in [0.4, 0.5) is 0 Å². The molecule has 1 nitrogen and oxygen atoms in total. The summed E-state index contributed by atoms with van der Waals surface area (Å²) in [5.41, 5.74) is 7.86. The van der Waals surface area contributed by atoms with Crippen LogP contribution in [-0.2, 0) is 6.42 Å². The largest absolute Gasteiger partial charge is 0.249 e. The van der Waals surface area contributed by atoms with Crippen molar-refractivity contribution in [2.75, 3.05) is 5.75 Å². The van der Waals surface area contributed by atoms with E-state index in [-0.39, 0.29) is 0 Å². The number of allylic oxidation sites excluding steroid dienone is 4. The van der Waals surface area contributed by atoms with Gasteiger partial charge in [-0.3, -0.25) is 0 Å². The van der Waals surface area contributed by atoms with E-state index in [4.69, 9.17) is 0 Å².